The summed E-state index contributed by atoms with van der Waals surface area (Å²) in [6.07, 6.45) is -0.129. The van der Waals surface area contributed by atoms with Gasteiger partial charge in [0.2, 0.25) is 5.91 Å². The Bertz CT molecular complexity index is 754. The van der Waals surface area contributed by atoms with Crippen LogP contribution in [-0.2, 0) is 9.59 Å². The molecule has 0 atom stereocenters. The number of amides is 2. The zero-order valence-corrected chi connectivity index (χ0v) is 13.2. The van der Waals surface area contributed by atoms with Gasteiger partial charge in [0.15, 0.2) is 0 Å². The number of carbonyl (C=O) groups is 3. The number of nitrogens with one attached hydrogen (secondary N) is 1. The second-order valence-corrected chi connectivity index (χ2v) is 5.25. The minimum atomic E-state index is -0.635. The predicted octanol–water partition coefficient (Wildman–Crippen LogP) is 2.42. The minimum absolute atomic E-state index is 0.0577. The number of ether oxygens (including phenoxy) is 1. The molecule has 0 spiro atoms. The lowest BCUT2D eigenvalue weighted by atomic mass is 10.1. The van der Waals surface area contributed by atoms with Crippen LogP contribution < -0.4 is 15.8 Å². The van der Waals surface area contributed by atoms with E-state index in [1.165, 1.54) is 6.07 Å². The normalized spacial score (nSPS) is 10.0. The molecule has 2 aromatic carbocycles. The Labute approximate surface area is 139 Å². The Morgan fingerprint density at radius 3 is 2.33 bits per heavy atom. The molecular weight excluding hydrogens is 308 g/mol. The zero-order valence-electron chi connectivity index (χ0n) is 13.2. The molecule has 6 heteroatoms. The molecule has 0 aliphatic carbocycles. The van der Waals surface area contributed by atoms with E-state index in [0.717, 1.165) is 5.56 Å². The van der Waals surface area contributed by atoms with Crippen molar-refractivity contribution in [2.75, 3.05) is 5.32 Å². The van der Waals surface area contributed by atoms with E-state index in [4.69, 9.17) is 10.5 Å². The third-order valence-electron chi connectivity index (χ3n) is 3.28. The number of nitrogens with two attached hydrogens (primary N) is 1. The summed E-state index contributed by atoms with van der Waals surface area (Å²) in [6, 6.07) is 13.5. The number of para-hydroxylation sites is 1. The van der Waals surface area contributed by atoms with Gasteiger partial charge in [0.05, 0.1) is 17.7 Å². The number of rotatable bonds is 6. The summed E-state index contributed by atoms with van der Waals surface area (Å²) in [5.41, 5.74) is 6.84. The van der Waals surface area contributed by atoms with E-state index < -0.39 is 17.8 Å². The molecule has 0 saturated carbocycles. The van der Waals surface area contributed by atoms with Crippen molar-refractivity contribution in [2.24, 2.45) is 5.73 Å². The molecule has 6 nitrogen and oxygen atoms in total. The Kier molecular flexibility index (Phi) is 5.68. The first-order chi connectivity index (χ1) is 11.5. The molecule has 0 aromatic heterocycles. The lowest BCUT2D eigenvalue weighted by Gasteiger charge is -2.09. The van der Waals surface area contributed by atoms with E-state index in [1.807, 2.05) is 19.1 Å². The van der Waals surface area contributed by atoms with Gasteiger partial charge in [-0.1, -0.05) is 29.8 Å². The third kappa shape index (κ3) is 4.95. The van der Waals surface area contributed by atoms with Crippen molar-refractivity contribution in [1.29, 1.82) is 0 Å². The van der Waals surface area contributed by atoms with Crippen molar-refractivity contribution in [3.05, 3.63) is 59.7 Å². The van der Waals surface area contributed by atoms with E-state index in [1.54, 1.807) is 30.3 Å². The number of hydrogen-bond acceptors (Lipinski definition) is 4. The number of primary amides is 1. The van der Waals surface area contributed by atoms with Gasteiger partial charge in [-0.15, -0.1) is 0 Å². The van der Waals surface area contributed by atoms with Crippen LogP contribution >= 0.6 is 0 Å². The summed E-state index contributed by atoms with van der Waals surface area (Å²) in [6.45, 7) is 1.93. The van der Waals surface area contributed by atoms with Crippen LogP contribution in [0.25, 0.3) is 0 Å². The first-order valence-electron chi connectivity index (χ1n) is 7.42. The van der Waals surface area contributed by atoms with Gasteiger partial charge in [0.1, 0.15) is 5.75 Å². The molecule has 3 N–H and O–H groups in total. The molecule has 124 valence electrons. The fourth-order valence-corrected chi connectivity index (χ4v) is 2.02. The summed E-state index contributed by atoms with van der Waals surface area (Å²) in [5, 5.41) is 2.57. The maximum absolute atomic E-state index is 11.9. The van der Waals surface area contributed by atoms with Gasteiger partial charge < -0.3 is 15.8 Å². The maximum Gasteiger partial charge on any atom is 0.311 e. The van der Waals surface area contributed by atoms with Crippen molar-refractivity contribution in [1.82, 2.24) is 0 Å². The van der Waals surface area contributed by atoms with E-state index >= 15 is 0 Å². The smallest absolute Gasteiger partial charge is 0.311 e. The summed E-state index contributed by atoms with van der Waals surface area (Å²) in [4.78, 5) is 35.0. The number of aryl methyl sites for hydroxylation is 1. The van der Waals surface area contributed by atoms with Crippen LogP contribution in [0.2, 0.25) is 0 Å². The van der Waals surface area contributed by atoms with Crippen LogP contribution in [0.5, 0.6) is 5.75 Å². The molecular formula is C18H18N2O4. The fourth-order valence-electron chi connectivity index (χ4n) is 2.02. The number of carbonyl (C=O) groups excluding carboxylic acids is 3. The number of esters is 1. The molecule has 0 heterocycles. The molecule has 0 radical (unpaired) electrons. The fraction of sp³-hybridized carbons (Fsp3) is 0.167. The van der Waals surface area contributed by atoms with E-state index in [-0.39, 0.29) is 18.4 Å². The van der Waals surface area contributed by atoms with Crippen molar-refractivity contribution >= 4 is 23.5 Å². The highest BCUT2D eigenvalue weighted by molar-refractivity contribution is 6.03. The molecule has 0 aliphatic heterocycles. The van der Waals surface area contributed by atoms with Crippen molar-refractivity contribution in [3.63, 3.8) is 0 Å². The number of anilines is 1. The van der Waals surface area contributed by atoms with Gasteiger partial charge in [-0.25, -0.2) is 0 Å². The molecule has 2 rings (SSSR count). The van der Waals surface area contributed by atoms with Gasteiger partial charge in [0.25, 0.3) is 5.91 Å². The molecule has 0 saturated heterocycles. The molecule has 0 aliphatic rings. The van der Waals surface area contributed by atoms with Gasteiger partial charge >= 0.3 is 5.97 Å². The van der Waals surface area contributed by atoms with Crippen LogP contribution in [0, 0.1) is 6.92 Å². The largest absolute Gasteiger partial charge is 0.427 e. The highest BCUT2D eigenvalue weighted by atomic mass is 16.5. The van der Waals surface area contributed by atoms with Crippen LogP contribution in [0.4, 0.5) is 5.69 Å². The summed E-state index contributed by atoms with van der Waals surface area (Å²) < 4.78 is 5.14. The van der Waals surface area contributed by atoms with Gasteiger partial charge in [-0.2, -0.15) is 0 Å². The molecule has 2 amide bonds. The first kappa shape index (κ1) is 17.2. The average molecular weight is 326 g/mol. The summed E-state index contributed by atoms with van der Waals surface area (Å²) in [5.74, 6) is -1.10. The van der Waals surface area contributed by atoms with Gasteiger partial charge in [-0.05, 0) is 31.2 Å². The number of benzene rings is 2. The van der Waals surface area contributed by atoms with Crippen LogP contribution in [0.15, 0.2) is 48.5 Å². The number of hydrogen-bond donors (Lipinski definition) is 2. The van der Waals surface area contributed by atoms with Crippen LogP contribution in [0.3, 0.4) is 0 Å². The highest BCUT2D eigenvalue weighted by Crippen LogP contribution is 2.15. The van der Waals surface area contributed by atoms with Crippen molar-refractivity contribution < 1.29 is 19.1 Å². The van der Waals surface area contributed by atoms with Gasteiger partial charge in [-0.3, -0.25) is 14.4 Å². The molecule has 2 aromatic rings. The maximum atomic E-state index is 11.9. The Morgan fingerprint density at radius 2 is 1.67 bits per heavy atom. The first-order valence-corrected chi connectivity index (χ1v) is 7.42. The van der Waals surface area contributed by atoms with Gasteiger partial charge in [0, 0.05) is 6.42 Å². The predicted molar refractivity (Wildman–Crippen MR) is 89.6 cm³/mol. The molecule has 0 bridgehead atoms. The quantitative estimate of drug-likeness (QED) is 0.629. The summed E-state index contributed by atoms with van der Waals surface area (Å²) in [7, 11) is 0. The molecule has 0 unspecified atom stereocenters. The minimum Gasteiger partial charge on any atom is -0.427 e. The third-order valence-corrected chi connectivity index (χ3v) is 3.28. The standard InChI is InChI=1S/C18H18N2O4/c1-12-6-8-13(9-7-12)24-17(22)11-10-16(21)20-15-5-3-2-4-14(15)18(19)23/h2-9H,10-11H2,1H3,(H2,19,23)(H,20,21). The lowest BCUT2D eigenvalue weighted by molar-refractivity contribution is -0.135. The zero-order chi connectivity index (χ0) is 17.5. The molecule has 24 heavy (non-hydrogen) atoms. The van der Waals surface area contributed by atoms with Crippen LogP contribution in [-0.4, -0.2) is 17.8 Å². The summed E-state index contributed by atoms with van der Waals surface area (Å²) >= 11 is 0. The highest BCUT2D eigenvalue weighted by Gasteiger charge is 2.12. The van der Waals surface area contributed by atoms with Crippen LogP contribution in [0.1, 0.15) is 28.8 Å². The Hall–Kier alpha value is -3.15. The Morgan fingerprint density at radius 1 is 1.00 bits per heavy atom. The topological polar surface area (TPSA) is 98.5 Å². The monoisotopic (exact) mass is 326 g/mol. The SMILES string of the molecule is Cc1ccc(OC(=O)CCC(=O)Nc2ccccc2C(N)=O)cc1. The second-order valence-electron chi connectivity index (χ2n) is 5.25. The van der Waals surface area contributed by atoms with Crippen molar-refractivity contribution in [3.8, 4) is 5.75 Å². The second kappa shape index (κ2) is 7.92. The van der Waals surface area contributed by atoms with E-state index in [2.05, 4.69) is 5.32 Å². The Balaban J connectivity index is 1.86. The van der Waals surface area contributed by atoms with Crippen molar-refractivity contribution in [2.45, 2.75) is 19.8 Å². The van der Waals surface area contributed by atoms with E-state index in [9.17, 15) is 14.4 Å². The average Bonchev–Trinajstić information content (AvgIpc) is 2.55. The molecule has 0 fully saturated rings. The lowest BCUT2D eigenvalue weighted by Crippen LogP contribution is -2.19. The van der Waals surface area contributed by atoms with E-state index in [0.29, 0.717) is 11.4 Å².